The SMILES string of the molecule is C=CCCCOc1ccnc(CNC(C)C)c1. The van der Waals surface area contributed by atoms with Crippen LogP contribution in [0, 0.1) is 0 Å². The number of unbranched alkanes of at least 4 members (excludes halogenated alkanes) is 1. The van der Waals surface area contributed by atoms with Crippen LogP contribution in [0.2, 0.25) is 0 Å². The van der Waals surface area contributed by atoms with Crippen molar-refractivity contribution in [1.82, 2.24) is 10.3 Å². The quantitative estimate of drug-likeness (QED) is 0.554. The van der Waals surface area contributed by atoms with Gasteiger partial charge in [-0.3, -0.25) is 4.98 Å². The van der Waals surface area contributed by atoms with Crippen LogP contribution in [0.1, 0.15) is 32.4 Å². The van der Waals surface area contributed by atoms with Gasteiger partial charge in [0, 0.05) is 24.8 Å². The number of ether oxygens (including phenoxy) is 1. The molecular weight excluding hydrogens is 212 g/mol. The molecule has 0 atom stereocenters. The fourth-order valence-corrected chi connectivity index (χ4v) is 1.37. The molecule has 0 saturated carbocycles. The van der Waals surface area contributed by atoms with E-state index in [1.807, 2.05) is 18.2 Å². The molecule has 94 valence electrons. The van der Waals surface area contributed by atoms with Gasteiger partial charge in [0.2, 0.25) is 0 Å². The Morgan fingerprint density at radius 1 is 1.53 bits per heavy atom. The topological polar surface area (TPSA) is 34.1 Å². The average Bonchev–Trinajstić information content (AvgIpc) is 2.33. The van der Waals surface area contributed by atoms with Gasteiger partial charge >= 0.3 is 0 Å². The van der Waals surface area contributed by atoms with E-state index in [1.165, 1.54) is 0 Å². The summed E-state index contributed by atoms with van der Waals surface area (Å²) < 4.78 is 5.64. The summed E-state index contributed by atoms with van der Waals surface area (Å²) >= 11 is 0. The summed E-state index contributed by atoms with van der Waals surface area (Å²) in [6.07, 6.45) is 5.70. The first-order chi connectivity index (χ1) is 8.22. The Morgan fingerprint density at radius 3 is 3.06 bits per heavy atom. The van der Waals surface area contributed by atoms with Gasteiger partial charge in [0.1, 0.15) is 5.75 Å². The lowest BCUT2D eigenvalue weighted by molar-refractivity contribution is 0.311. The predicted octanol–water partition coefficient (Wildman–Crippen LogP) is 2.92. The van der Waals surface area contributed by atoms with Crippen molar-refractivity contribution in [2.24, 2.45) is 0 Å². The Kier molecular flexibility index (Phi) is 6.33. The van der Waals surface area contributed by atoms with E-state index in [4.69, 9.17) is 4.74 Å². The van der Waals surface area contributed by atoms with Crippen molar-refractivity contribution < 1.29 is 4.74 Å². The van der Waals surface area contributed by atoms with Crippen LogP contribution in [0.5, 0.6) is 5.75 Å². The third-order valence-electron chi connectivity index (χ3n) is 2.30. The largest absolute Gasteiger partial charge is 0.493 e. The third kappa shape index (κ3) is 6.07. The van der Waals surface area contributed by atoms with Crippen molar-refractivity contribution in [1.29, 1.82) is 0 Å². The Balaban J connectivity index is 2.39. The molecule has 0 unspecified atom stereocenters. The second kappa shape index (κ2) is 7.85. The molecule has 0 saturated heterocycles. The van der Waals surface area contributed by atoms with Gasteiger partial charge in [-0.1, -0.05) is 19.9 Å². The summed E-state index contributed by atoms with van der Waals surface area (Å²) in [5.41, 5.74) is 1.01. The summed E-state index contributed by atoms with van der Waals surface area (Å²) in [6.45, 7) is 9.44. The Hall–Kier alpha value is -1.35. The number of nitrogens with zero attached hydrogens (tertiary/aromatic N) is 1. The summed E-state index contributed by atoms with van der Waals surface area (Å²) in [5, 5.41) is 3.33. The van der Waals surface area contributed by atoms with E-state index in [0.717, 1.165) is 37.4 Å². The minimum Gasteiger partial charge on any atom is -0.493 e. The van der Waals surface area contributed by atoms with Gasteiger partial charge in [-0.2, -0.15) is 0 Å². The van der Waals surface area contributed by atoms with Crippen LogP contribution < -0.4 is 10.1 Å². The van der Waals surface area contributed by atoms with E-state index < -0.39 is 0 Å². The Bertz CT molecular complexity index is 337. The van der Waals surface area contributed by atoms with Crippen molar-refractivity contribution in [3.8, 4) is 5.75 Å². The van der Waals surface area contributed by atoms with Gasteiger partial charge in [0.05, 0.1) is 12.3 Å². The highest BCUT2D eigenvalue weighted by Crippen LogP contribution is 2.11. The maximum atomic E-state index is 5.64. The molecule has 1 aromatic heterocycles. The van der Waals surface area contributed by atoms with E-state index in [9.17, 15) is 0 Å². The van der Waals surface area contributed by atoms with Crippen LogP contribution >= 0.6 is 0 Å². The van der Waals surface area contributed by atoms with Gasteiger partial charge in [0.15, 0.2) is 0 Å². The zero-order valence-electron chi connectivity index (χ0n) is 10.8. The molecule has 0 spiro atoms. The van der Waals surface area contributed by atoms with E-state index in [-0.39, 0.29) is 0 Å². The van der Waals surface area contributed by atoms with E-state index in [0.29, 0.717) is 6.04 Å². The number of nitrogens with one attached hydrogen (secondary N) is 1. The summed E-state index contributed by atoms with van der Waals surface area (Å²) in [6, 6.07) is 4.35. The first-order valence-corrected chi connectivity index (χ1v) is 6.14. The second-order valence-corrected chi connectivity index (χ2v) is 4.30. The van der Waals surface area contributed by atoms with Crippen LogP contribution in [0.15, 0.2) is 31.0 Å². The van der Waals surface area contributed by atoms with Gasteiger partial charge in [-0.25, -0.2) is 0 Å². The Labute approximate surface area is 104 Å². The normalized spacial score (nSPS) is 10.5. The van der Waals surface area contributed by atoms with Gasteiger partial charge < -0.3 is 10.1 Å². The summed E-state index contributed by atoms with van der Waals surface area (Å²) in [5.74, 6) is 0.893. The molecule has 17 heavy (non-hydrogen) atoms. The number of rotatable bonds is 8. The smallest absolute Gasteiger partial charge is 0.122 e. The molecule has 0 aliphatic heterocycles. The van der Waals surface area contributed by atoms with Crippen LogP contribution in [0.4, 0.5) is 0 Å². The van der Waals surface area contributed by atoms with E-state index in [2.05, 4.69) is 30.7 Å². The standard InChI is InChI=1S/C14H22N2O/c1-4-5-6-9-17-14-7-8-15-13(10-14)11-16-12(2)3/h4,7-8,10,12,16H,1,5-6,9,11H2,2-3H3. The lowest BCUT2D eigenvalue weighted by Crippen LogP contribution is -2.22. The molecule has 1 heterocycles. The molecule has 1 aromatic rings. The van der Waals surface area contributed by atoms with Crippen LogP contribution in [0.3, 0.4) is 0 Å². The minimum absolute atomic E-state index is 0.467. The van der Waals surface area contributed by atoms with Crippen LogP contribution in [-0.2, 0) is 6.54 Å². The maximum Gasteiger partial charge on any atom is 0.122 e. The van der Waals surface area contributed by atoms with Crippen molar-refractivity contribution in [3.63, 3.8) is 0 Å². The zero-order valence-corrected chi connectivity index (χ0v) is 10.8. The molecule has 0 aliphatic carbocycles. The highest BCUT2D eigenvalue weighted by molar-refractivity contribution is 5.22. The van der Waals surface area contributed by atoms with Gasteiger partial charge in [-0.05, 0) is 18.9 Å². The van der Waals surface area contributed by atoms with E-state index in [1.54, 1.807) is 6.20 Å². The molecule has 3 nitrogen and oxygen atoms in total. The molecule has 0 aliphatic rings. The molecule has 0 bridgehead atoms. The maximum absolute atomic E-state index is 5.64. The summed E-state index contributed by atoms with van der Waals surface area (Å²) in [7, 11) is 0. The molecule has 1 rings (SSSR count). The fourth-order valence-electron chi connectivity index (χ4n) is 1.37. The molecule has 1 N–H and O–H groups in total. The minimum atomic E-state index is 0.467. The highest BCUT2D eigenvalue weighted by atomic mass is 16.5. The average molecular weight is 234 g/mol. The molecule has 0 fully saturated rings. The van der Waals surface area contributed by atoms with Crippen LogP contribution in [-0.4, -0.2) is 17.6 Å². The number of pyridine rings is 1. The lowest BCUT2D eigenvalue weighted by atomic mass is 10.3. The van der Waals surface area contributed by atoms with E-state index >= 15 is 0 Å². The second-order valence-electron chi connectivity index (χ2n) is 4.30. The van der Waals surface area contributed by atoms with Crippen molar-refractivity contribution >= 4 is 0 Å². The van der Waals surface area contributed by atoms with Crippen LogP contribution in [0.25, 0.3) is 0 Å². The summed E-state index contributed by atoms with van der Waals surface area (Å²) in [4.78, 5) is 4.30. The van der Waals surface area contributed by atoms with Crippen molar-refractivity contribution in [2.75, 3.05) is 6.61 Å². The number of hydrogen-bond donors (Lipinski definition) is 1. The fraction of sp³-hybridized carbons (Fsp3) is 0.500. The Morgan fingerprint density at radius 2 is 2.35 bits per heavy atom. The first kappa shape index (κ1) is 13.7. The molecular formula is C14H22N2O. The molecule has 0 radical (unpaired) electrons. The van der Waals surface area contributed by atoms with Gasteiger partial charge in [0.25, 0.3) is 0 Å². The number of aromatic nitrogens is 1. The molecule has 0 amide bonds. The number of allylic oxidation sites excluding steroid dienone is 1. The van der Waals surface area contributed by atoms with Crippen molar-refractivity contribution in [2.45, 2.75) is 39.3 Å². The first-order valence-electron chi connectivity index (χ1n) is 6.14. The molecule has 3 heteroatoms. The molecule has 0 aromatic carbocycles. The number of hydrogen-bond acceptors (Lipinski definition) is 3. The third-order valence-corrected chi connectivity index (χ3v) is 2.30. The lowest BCUT2D eigenvalue weighted by Gasteiger charge is -2.09. The highest BCUT2D eigenvalue weighted by Gasteiger charge is 1.99. The predicted molar refractivity (Wildman–Crippen MR) is 71.1 cm³/mol. The monoisotopic (exact) mass is 234 g/mol. The van der Waals surface area contributed by atoms with Gasteiger partial charge in [-0.15, -0.1) is 6.58 Å². The zero-order chi connectivity index (χ0) is 12.5. The van der Waals surface area contributed by atoms with Crippen molar-refractivity contribution in [3.05, 3.63) is 36.7 Å².